The Labute approximate surface area is 97.4 Å². The first kappa shape index (κ1) is 11.5. The molecule has 0 bridgehead atoms. The van der Waals surface area contributed by atoms with Gasteiger partial charge in [0.1, 0.15) is 5.82 Å². The summed E-state index contributed by atoms with van der Waals surface area (Å²) in [5.74, 6) is 0.874. The van der Waals surface area contributed by atoms with E-state index in [4.69, 9.17) is 5.73 Å². The van der Waals surface area contributed by atoms with Crippen molar-refractivity contribution in [3.63, 3.8) is 0 Å². The van der Waals surface area contributed by atoms with Crippen molar-refractivity contribution in [1.82, 2.24) is 14.7 Å². The molecule has 0 atom stereocenters. The Bertz CT molecular complexity index is 390. The van der Waals surface area contributed by atoms with Crippen LogP contribution in [0.3, 0.4) is 0 Å². The van der Waals surface area contributed by atoms with Crippen LogP contribution in [0.5, 0.6) is 0 Å². The number of aromatic nitrogens is 2. The number of nitrogens with two attached hydrogens (primary N) is 1. The average Bonchev–Trinajstić information content (AvgIpc) is 2.64. The summed E-state index contributed by atoms with van der Waals surface area (Å²) in [7, 11) is 4.13. The van der Waals surface area contributed by atoms with Crippen LogP contribution in [0.15, 0.2) is 0 Å². The minimum Gasteiger partial charge on any atom is -0.384 e. The Kier molecular flexibility index (Phi) is 2.70. The van der Waals surface area contributed by atoms with E-state index in [1.165, 1.54) is 17.7 Å². The van der Waals surface area contributed by atoms with Gasteiger partial charge in [-0.1, -0.05) is 13.8 Å². The van der Waals surface area contributed by atoms with E-state index in [1.54, 1.807) is 0 Å². The van der Waals surface area contributed by atoms with Gasteiger partial charge in [-0.3, -0.25) is 0 Å². The highest BCUT2D eigenvalue weighted by molar-refractivity contribution is 5.51. The molecular formula is C12H22N4. The second-order valence-electron chi connectivity index (χ2n) is 5.62. The first-order chi connectivity index (χ1) is 7.42. The first-order valence-electron chi connectivity index (χ1n) is 5.92. The van der Waals surface area contributed by atoms with Gasteiger partial charge >= 0.3 is 0 Å². The molecule has 1 aliphatic carbocycles. The lowest BCUT2D eigenvalue weighted by Gasteiger charge is -2.19. The molecule has 90 valence electrons. The summed E-state index contributed by atoms with van der Waals surface area (Å²) in [6.45, 7) is 6.37. The van der Waals surface area contributed by atoms with Gasteiger partial charge in [0, 0.05) is 12.1 Å². The smallest absolute Gasteiger partial charge is 0.125 e. The Morgan fingerprint density at radius 2 is 2.12 bits per heavy atom. The summed E-state index contributed by atoms with van der Waals surface area (Å²) in [4.78, 5) is 2.15. The number of rotatable bonds is 3. The monoisotopic (exact) mass is 222 g/mol. The van der Waals surface area contributed by atoms with Gasteiger partial charge in [0.05, 0.1) is 12.2 Å². The van der Waals surface area contributed by atoms with Gasteiger partial charge in [-0.05, 0) is 32.4 Å². The third kappa shape index (κ3) is 1.82. The van der Waals surface area contributed by atoms with E-state index in [-0.39, 0.29) is 5.41 Å². The van der Waals surface area contributed by atoms with Crippen LogP contribution in [0.25, 0.3) is 0 Å². The predicted molar refractivity (Wildman–Crippen MR) is 66.5 cm³/mol. The van der Waals surface area contributed by atoms with Crippen LogP contribution in [0.4, 0.5) is 5.82 Å². The molecule has 2 rings (SSSR count). The Hall–Kier alpha value is -1.03. The number of nitrogen functional groups attached to an aromatic ring is 1. The summed E-state index contributed by atoms with van der Waals surface area (Å²) in [6, 6.07) is 0. The summed E-state index contributed by atoms with van der Waals surface area (Å²) in [5.41, 5.74) is 8.90. The number of nitrogens with zero attached hydrogens (tertiary/aromatic N) is 3. The summed E-state index contributed by atoms with van der Waals surface area (Å²) in [5, 5.41) is 4.62. The van der Waals surface area contributed by atoms with Crippen molar-refractivity contribution < 1.29 is 0 Å². The molecule has 0 unspecified atom stereocenters. The van der Waals surface area contributed by atoms with Crippen molar-refractivity contribution in [1.29, 1.82) is 0 Å². The highest BCUT2D eigenvalue weighted by atomic mass is 15.3. The van der Waals surface area contributed by atoms with Gasteiger partial charge in [-0.2, -0.15) is 5.10 Å². The molecule has 0 amide bonds. The van der Waals surface area contributed by atoms with Gasteiger partial charge in [-0.25, -0.2) is 4.68 Å². The standard InChI is InChI=1S/C12H22N4/c1-12(2)6-5-9-10(12)11(13)16(14-9)8-7-15(3)4/h5-8,13H2,1-4H3. The molecule has 2 N–H and O–H groups in total. The van der Waals surface area contributed by atoms with Crippen LogP contribution in [0.1, 0.15) is 31.5 Å². The molecule has 4 heteroatoms. The highest BCUT2D eigenvalue weighted by Crippen LogP contribution is 2.41. The van der Waals surface area contributed by atoms with Crippen LogP contribution in [-0.4, -0.2) is 35.3 Å². The van der Waals surface area contributed by atoms with Crippen LogP contribution in [-0.2, 0) is 18.4 Å². The first-order valence-corrected chi connectivity index (χ1v) is 5.92. The fourth-order valence-electron chi connectivity index (χ4n) is 2.46. The van der Waals surface area contributed by atoms with Crippen LogP contribution in [0, 0.1) is 0 Å². The molecular weight excluding hydrogens is 200 g/mol. The maximum absolute atomic E-state index is 6.20. The normalized spacial score (nSPS) is 18.1. The Morgan fingerprint density at radius 3 is 2.69 bits per heavy atom. The number of hydrogen-bond donors (Lipinski definition) is 1. The van der Waals surface area contributed by atoms with Gasteiger partial charge in [-0.15, -0.1) is 0 Å². The molecule has 0 fully saturated rings. The zero-order valence-corrected chi connectivity index (χ0v) is 10.7. The lowest BCUT2D eigenvalue weighted by molar-refractivity contribution is 0.373. The maximum atomic E-state index is 6.20. The molecule has 1 aromatic heterocycles. The van der Waals surface area contributed by atoms with E-state index in [2.05, 4.69) is 37.9 Å². The molecule has 1 aromatic rings. The lowest BCUT2D eigenvalue weighted by atomic mass is 9.87. The third-order valence-corrected chi connectivity index (χ3v) is 3.49. The van der Waals surface area contributed by atoms with Crippen molar-refractivity contribution in [2.75, 3.05) is 26.4 Å². The van der Waals surface area contributed by atoms with Gasteiger partial charge in [0.2, 0.25) is 0 Å². The molecule has 0 radical (unpaired) electrons. The van der Waals surface area contributed by atoms with Gasteiger partial charge in [0.25, 0.3) is 0 Å². The summed E-state index contributed by atoms with van der Waals surface area (Å²) < 4.78 is 1.96. The number of hydrogen-bond acceptors (Lipinski definition) is 3. The second kappa shape index (κ2) is 3.77. The predicted octanol–water partition coefficient (Wildman–Crippen LogP) is 1.25. The summed E-state index contributed by atoms with van der Waals surface area (Å²) >= 11 is 0. The quantitative estimate of drug-likeness (QED) is 0.837. The van der Waals surface area contributed by atoms with E-state index in [0.29, 0.717) is 0 Å². The number of fused-ring (bicyclic) bond motifs is 1. The third-order valence-electron chi connectivity index (χ3n) is 3.49. The zero-order chi connectivity index (χ0) is 11.9. The average molecular weight is 222 g/mol. The summed E-state index contributed by atoms with van der Waals surface area (Å²) in [6.07, 6.45) is 2.24. The van der Waals surface area contributed by atoms with E-state index < -0.39 is 0 Å². The molecule has 0 saturated carbocycles. The Balaban J connectivity index is 2.25. The SMILES string of the molecule is CN(C)CCn1nc2c(c1N)C(C)(C)CC2. The number of likely N-dealkylation sites (N-methyl/N-ethyl adjacent to an activating group) is 1. The van der Waals surface area contributed by atoms with E-state index in [1.807, 2.05) is 4.68 Å². The van der Waals surface area contributed by atoms with Crippen molar-refractivity contribution in [3.8, 4) is 0 Å². The molecule has 0 aromatic carbocycles. The topological polar surface area (TPSA) is 47.1 Å². The molecule has 1 heterocycles. The van der Waals surface area contributed by atoms with E-state index >= 15 is 0 Å². The Morgan fingerprint density at radius 1 is 1.44 bits per heavy atom. The molecule has 16 heavy (non-hydrogen) atoms. The van der Waals surface area contributed by atoms with Crippen molar-refractivity contribution in [2.45, 2.75) is 38.6 Å². The fraction of sp³-hybridized carbons (Fsp3) is 0.750. The van der Waals surface area contributed by atoms with Crippen LogP contribution < -0.4 is 5.73 Å². The largest absolute Gasteiger partial charge is 0.384 e. The van der Waals surface area contributed by atoms with Crippen molar-refractivity contribution in [3.05, 3.63) is 11.3 Å². The molecule has 0 aliphatic heterocycles. The van der Waals surface area contributed by atoms with Gasteiger partial charge < -0.3 is 10.6 Å². The molecule has 4 nitrogen and oxygen atoms in total. The van der Waals surface area contributed by atoms with E-state index in [0.717, 1.165) is 25.3 Å². The zero-order valence-electron chi connectivity index (χ0n) is 10.7. The lowest BCUT2D eigenvalue weighted by Crippen LogP contribution is -2.21. The van der Waals surface area contributed by atoms with E-state index in [9.17, 15) is 0 Å². The second-order valence-corrected chi connectivity index (χ2v) is 5.62. The van der Waals surface area contributed by atoms with Gasteiger partial charge in [0.15, 0.2) is 0 Å². The number of aryl methyl sites for hydroxylation is 1. The van der Waals surface area contributed by atoms with Crippen LogP contribution in [0.2, 0.25) is 0 Å². The highest BCUT2D eigenvalue weighted by Gasteiger charge is 2.35. The fourth-order valence-corrected chi connectivity index (χ4v) is 2.46. The minimum absolute atomic E-state index is 0.204. The van der Waals surface area contributed by atoms with Crippen molar-refractivity contribution >= 4 is 5.82 Å². The molecule has 1 aliphatic rings. The van der Waals surface area contributed by atoms with Crippen molar-refractivity contribution in [2.24, 2.45) is 0 Å². The molecule has 0 spiro atoms. The number of anilines is 1. The minimum atomic E-state index is 0.204. The molecule has 0 saturated heterocycles. The van der Waals surface area contributed by atoms with Crippen LogP contribution >= 0.6 is 0 Å². The maximum Gasteiger partial charge on any atom is 0.125 e.